The normalized spacial score (nSPS) is 11.4. The molecule has 1 nitrogen and oxygen atoms in total. The summed E-state index contributed by atoms with van der Waals surface area (Å²) < 4.78 is 2.57. The van der Waals surface area contributed by atoms with E-state index >= 15 is 0 Å². The lowest BCUT2D eigenvalue weighted by atomic mass is 9.60. The first-order valence-corrected chi connectivity index (χ1v) is 21.3. The van der Waals surface area contributed by atoms with Gasteiger partial charge in [0.05, 0.1) is 10.4 Å². The van der Waals surface area contributed by atoms with Crippen molar-refractivity contribution in [3.63, 3.8) is 0 Å². The summed E-state index contributed by atoms with van der Waals surface area (Å²) in [5.74, 6) is 0. The van der Waals surface area contributed by atoms with Crippen molar-refractivity contribution in [2.45, 2.75) is 0 Å². The average molecular weight is 765 g/mol. The molecule has 0 N–H and O–H groups in total. The van der Waals surface area contributed by atoms with Gasteiger partial charge in [-0.3, -0.25) is 0 Å². The van der Waals surface area contributed by atoms with Crippen LogP contribution in [0.5, 0.6) is 0 Å². The first kappa shape index (κ1) is 36.9. The Kier molecular flexibility index (Phi) is 9.42. The van der Waals surface area contributed by atoms with E-state index in [1.54, 1.807) is 0 Å². The van der Waals surface area contributed by atoms with Gasteiger partial charge in [0.2, 0.25) is 0 Å². The number of hydrogen-bond acceptors (Lipinski definition) is 2. The number of fused-ring (bicyclic) bond motifs is 4. The van der Waals surface area contributed by atoms with E-state index in [9.17, 15) is 0 Å². The lowest BCUT2D eigenvalue weighted by Crippen LogP contribution is -2.55. The number of thiophene rings is 1. The Hall–Kier alpha value is -6.42. The molecule has 59 heavy (non-hydrogen) atoms. The topological polar surface area (TPSA) is 3.24 Å². The van der Waals surface area contributed by atoms with Crippen LogP contribution in [0.15, 0.2) is 182 Å². The molecule has 1 aromatic heterocycles. The number of anilines is 3. The number of rotatable bonds is 7. The van der Waals surface area contributed by atoms with Crippen LogP contribution in [-0.2, 0) is 0 Å². The highest BCUT2D eigenvalue weighted by Gasteiger charge is 2.22. The van der Waals surface area contributed by atoms with Crippen LogP contribution in [0.3, 0.4) is 0 Å². The van der Waals surface area contributed by atoms with Gasteiger partial charge in [-0.15, -0.1) is 27.7 Å². The number of benzene rings is 9. The minimum Gasteiger partial charge on any atom is -0.309 e. The molecule has 0 bridgehead atoms. The van der Waals surface area contributed by atoms with Crippen LogP contribution in [0, 0.1) is 0 Å². The highest BCUT2D eigenvalue weighted by atomic mass is 32.1. The van der Waals surface area contributed by atoms with E-state index in [1.165, 1.54) is 108 Å². The Morgan fingerprint density at radius 1 is 0.339 bits per heavy atom. The Morgan fingerprint density at radius 3 is 1.49 bits per heavy atom. The van der Waals surface area contributed by atoms with Crippen LogP contribution in [0.2, 0.25) is 0 Å². The summed E-state index contributed by atoms with van der Waals surface area (Å²) in [4.78, 5) is 2.46. The second-order valence-corrected chi connectivity index (χ2v) is 16.8. The van der Waals surface area contributed by atoms with Crippen molar-refractivity contribution < 1.29 is 0 Å². The molecular weight excluding hydrogens is 725 g/mol. The molecule has 0 amide bonds. The van der Waals surface area contributed by atoms with Crippen LogP contribution in [0.1, 0.15) is 0 Å². The number of nitrogens with zero attached hydrogens (tertiary/aromatic N) is 1. The summed E-state index contributed by atoms with van der Waals surface area (Å²) in [5, 5.41) is 5.09. The maximum Gasteiger partial charge on any atom is 0.139 e. The molecule has 7 heteroatoms. The molecule has 0 atom stereocenters. The summed E-state index contributed by atoms with van der Waals surface area (Å²) >= 11 is 1.90. The largest absolute Gasteiger partial charge is 0.309 e. The molecule has 0 fully saturated rings. The third kappa shape index (κ3) is 6.33. The zero-order valence-electron chi connectivity index (χ0n) is 34.2. The van der Waals surface area contributed by atoms with Gasteiger partial charge in [0.25, 0.3) is 0 Å². The highest BCUT2D eigenvalue weighted by Crippen LogP contribution is 2.50. The van der Waals surface area contributed by atoms with E-state index in [-0.39, 0.29) is 0 Å². The van der Waals surface area contributed by atoms with Crippen molar-refractivity contribution in [1.82, 2.24) is 0 Å². The SMILES string of the molecule is Bc1c(B)c(B)c(-c2ccc(N(c3ccc(-c4cccc5ccccc45)cc3)c3cccc4c3sc3c(-c5ccccc5)ccc(-c5ccccc5)c34)cc2)c(B)c1B. The fourth-order valence-electron chi connectivity index (χ4n) is 9.17. The quantitative estimate of drug-likeness (QED) is 0.165. The van der Waals surface area contributed by atoms with Crippen molar-refractivity contribution in [2.24, 2.45) is 0 Å². The summed E-state index contributed by atoms with van der Waals surface area (Å²) in [6.07, 6.45) is 0. The van der Waals surface area contributed by atoms with Crippen molar-refractivity contribution in [2.75, 3.05) is 4.90 Å². The average Bonchev–Trinajstić information content (AvgIpc) is 3.69. The lowest BCUT2D eigenvalue weighted by Gasteiger charge is -2.27. The first-order chi connectivity index (χ1) is 28.9. The molecule has 9 aromatic carbocycles. The molecule has 0 aliphatic heterocycles. The molecule has 10 rings (SSSR count). The van der Waals surface area contributed by atoms with E-state index < -0.39 is 0 Å². The molecule has 0 spiro atoms. The summed E-state index contributed by atoms with van der Waals surface area (Å²) in [6.45, 7) is 0. The Morgan fingerprint density at radius 2 is 0.831 bits per heavy atom. The predicted octanol–water partition coefficient (Wildman–Crippen LogP) is 6.64. The fourth-order valence-corrected chi connectivity index (χ4v) is 10.5. The van der Waals surface area contributed by atoms with Gasteiger partial charge in [-0.2, -0.15) is 0 Å². The van der Waals surface area contributed by atoms with Crippen molar-refractivity contribution in [3.8, 4) is 44.5 Å². The molecule has 274 valence electrons. The zero-order chi connectivity index (χ0) is 40.2. The first-order valence-electron chi connectivity index (χ1n) is 20.5. The molecule has 0 aliphatic carbocycles. The molecule has 0 saturated heterocycles. The lowest BCUT2D eigenvalue weighted by molar-refractivity contribution is 1.30. The van der Waals surface area contributed by atoms with Gasteiger partial charge in [-0.25, -0.2) is 0 Å². The van der Waals surface area contributed by atoms with Crippen LogP contribution in [0.25, 0.3) is 75.5 Å². The van der Waals surface area contributed by atoms with E-state index in [1.807, 2.05) is 11.3 Å². The smallest absolute Gasteiger partial charge is 0.139 e. The Balaban J connectivity index is 1.19. The predicted molar refractivity (Wildman–Crippen MR) is 274 cm³/mol. The van der Waals surface area contributed by atoms with Gasteiger partial charge in [0.15, 0.2) is 0 Å². The van der Waals surface area contributed by atoms with Crippen molar-refractivity contribution in [1.29, 1.82) is 0 Å². The monoisotopic (exact) mass is 765 g/mol. The maximum atomic E-state index is 2.46. The molecule has 0 unspecified atom stereocenters. The van der Waals surface area contributed by atoms with Gasteiger partial charge < -0.3 is 4.90 Å². The summed E-state index contributed by atoms with van der Waals surface area (Å²) in [5.41, 5.74) is 20.3. The van der Waals surface area contributed by atoms with E-state index in [0.29, 0.717) is 0 Å². The maximum absolute atomic E-state index is 2.46. The fraction of sp³-hybridized carbons (Fsp3) is 0. The third-order valence-electron chi connectivity index (χ3n) is 12.7. The zero-order valence-corrected chi connectivity index (χ0v) is 35.0. The van der Waals surface area contributed by atoms with Crippen LogP contribution >= 0.6 is 11.3 Å². The Bertz CT molecular complexity index is 3160. The molecule has 1 heterocycles. The van der Waals surface area contributed by atoms with Crippen LogP contribution in [-0.4, -0.2) is 39.2 Å². The van der Waals surface area contributed by atoms with Crippen molar-refractivity contribution >= 4 is 126 Å². The highest BCUT2D eigenvalue weighted by molar-refractivity contribution is 7.27. The molecule has 0 radical (unpaired) electrons. The molecule has 0 aliphatic rings. The van der Waals surface area contributed by atoms with Gasteiger partial charge in [-0.1, -0.05) is 163 Å². The van der Waals surface area contributed by atoms with Crippen molar-refractivity contribution in [3.05, 3.63) is 182 Å². The second-order valence-electron chi connectivity index (χ2n) is 15.8. The van der Waals surface area contributed by atoms with E-state index in [2.05, 4.69) is 226 Å². The van der Waals surface area contributed by atoms with Crippen LogP contribution < -0.4 is 32.2 Å². The van der Waals surface area contributed by atoms with Crippen LogP contribution in [0.4, 0.5) is 17.1 Å². The summed E-state index contributed by atoms with van der Waals surface area (Å²) in [6, 6.07) is 66.9. The molecule has 10 aromatic rings. The Labute approximate surface area is 355 Å². The van der Waals surface area contributed by atoms with Gasteiger partial charge in [-0.05, 0) is 85.6 Å². The second kappa shape index (κ2) is 15.1. The van der Waals surface area contributed by atoms with E-state index in [4.69, 9.17) is 0 Å². The molecule has 0 saturated carbocycles. The third-order valence-corrected chi connectivity index (χ3v) is 13.9. The minimum absolute atomic E-state index is 1.12. The number of hydrogen-bond donors (Lipinski definition) is 0. The molecular formula is C52H40B5NS. The van der Waals surface area contributed by atoms with Gasteiger partial charge in [0.1, 0.15) is 39.2 Å². The van der Waals surface area contributed by atoms with Gasteiger partial charge >= 0.3 is 0 Å². The van der Waals surface area contributed by atoms with E-state index in [0.717, 1.165) is 11.4 Å². The standard InChI is InChI=1S/C52H40B5NS/c53-46-44(47(54)49(56)50(57)48(46)55)35-23-27-37(28-24-35)58(36-25-21-34(22-26-36)39-18-9-16-31-15-7-8-17-38(31)39)43-20-10-19-42-45-40(32-11-3-1-4-12-32)29-30-41(52(45)59-51(42)43)33-13-5-2-6-14-33/h1-30H,53-57H2. The minimum atomic E-state index is 1.12. The summed E-state index contributed by atoms with van der Waals surface area (Å²) in [7, 11) is 11.3. The van der Waals surface area contributed by atoms with Gasteiger partial charge in [0, 0.05) is 26.8 Å².